The molecule has 2 amide bonds. The van der Waals surface area contributed by atoms with E-state index in [9.17, 15) is 9.59 Å². The van der Waals surface area contributed by atoms with Crippen LogP contribution in [0.5, 0.6) is 5.75 Å². The van der Waals surface area contributed by atoms with E-state index in [1.54, 1.807) is 16.9 Å². The van der Waals surface area contributed by atoms with Gasteiger partial charge in [-0.2, -0.15) is 0 Å². The van der Waals surface area contributed by atoms with Gasteiger partial charge < -0.3 is 19.5 Å². The molecule has 6 heteroatoms. The summed E-state index contributed by atoms with van der Waals surface area (Å²) in [6, 6.07) is 26.4. The van der Waals surface area contributed by atoms with Crippen LogP contribution in [0, 0.1) is 0 Å². The van der Waals surface area contributed by atoms with E-state index >= 15 is 0 Å². The predicted octanol–water partition coefficient (Wildman–Crippen LogP) is 4.84. The monoisotopic (exact) mass is 493 g/mol. The lowest BCUT2D eigenvalue weighted by molar-refractivity contribution is -0.166. The van der Waals surface area contributed by atoms with Gasteiger partial charge in [-0.05, 0) is 43.0 Å². The number of piperazine rings is 1. The molecule has 1 fully saturated rings. The first-order chi connectivity index (χ1) is 18.0. The Morgan fingerprint density at radius 1 is 0.973 bits per heavy atom. The van der Waals surface area contributed by atoms with Crippen LogP contribution in [0.1, 0.15) is 41.6 Å². The Kier molecular flexibility index (Phi) is 5.75. The van der Waals surface area contributed by atoms with Crippen molar-refractivity contribution in [3.05, 3.63) is 101 Å². The standard InChI is InChI=1S/C31H31N3O3/c1-31-29-28(23-15-6-8-16-25(23)32-29)24(22-14-7-9-17-26(22)37-2)19-34(31)27(35)20-33(30(31)36)18-10-13-21-11-4-3-5-12-21/h3-9,11-12,14-17,24,32H,10,13,18-20H2,1-2H3. The van der Waals surface area contributed by atoms with Gasteiger partial charge in [0.2, 0.25) is 5.91 Å². The second-order valence-electron chi connectivity index (χ2n) is 10.1. The fourth-order valence-corrected chi connectivity index (χ4v) is 6.21. The van der Waals surface area contributed by atoms with Crippen LogP contribution in [0.3, 0.4) is 0 Å². The number of para-hydroxylation sites is 2. The summed E-state index contributed by atoms with van der Waals surface area (Å²) in [7, 11) is 1.67. The number of hydrogen-bond donors (Lipinski definition) is 1. The highest BCUT2D eigenvalue weighted by molar-refractivity contribution is 6.01. The average Bonchev–Trinajstić information content (AvgIpc) is 3.33. The summed E-state index contributed by atoms with van der Waals surface area (Å²) >= 11 is 0. The maximum atomic E-state index is 14.2. The summed E-state index contributed by atoms with van der Waals surface area (Å²) in [4.78, 5) is 34.9. The number of methoxy groups -OCH3 is 1. The fourth-order valence-electron chi connectivity index (χ4n) is 6.21. The Bertz CT molecular complexity index is 1480. The molecular weight excluding hydrogens is 462 g/mol. The molecule has 0 spiro atoms. The van der Waals surface area contributed by atoms with Crippen LogP contribution < -0.4 is 4.74 Å². The van der Waals surface area contributed by atoms with Gasteiger partial charge in [-0.15, -0.1) is 0 Å². The Morgan fingerprint density at radius 3 is 2.51 bits per heavy atom. The van der Waals surface area contributed by atoms with Crippen LogP contribution in [0.15, 0.2) is 78.9 Å². The van der Waals surface area contributed by atoms with E-state index in [4.69, 9.17) is 4.74 Å². The van der Waals surface area contributed by atoms with Gasteiger partial charge in [-0.1, -0.05) is 66.7 Å². The maximum absolute atomic E-state index is 14.2. The lowest BCUT2D eigenvalue weighted by Gasteiger charge is -2.51. The number of aromatic amines is 1. The molecule has 2 aliphatic heterocycles. The van der Waals surface area contributed by atoms with Gasteiger partial charge in [0.05, 0.1) is 19.3 Å². The Hall–Kier alpha value is -4.06. The second kappa shape index (κ2) is 9.11. The number of carbonyl (C=O) groups is 2. The maximum Gasteiger partial charge on any atom is 0.254 e. The minimum Gasteiger partial charge on any atom is -0.496 e. The van der Waals surface area contributed by atoms with E-state index in [2.05, 4.69) is 29.2 Å². The molecule has 3 heterocycles. The predicted molar refractivity (Wildman–Crippen MR) is 144 cm³/mol. The molecule has 0 radical (unpaired) electrons. The molecule has 0 saturated carbocycles. The van der Waals surface area contributed by atoms with Crippen LogP contribution in [-0.4, -0.2) is 53.3 Å². The lowest BCUT2D eigenvalue weighted by Crippen LogP contribution is -2.67. The van der Waals surface area contributed by atoms with Crippen molar-refractivity contribution >= 4 is 22.7 Å². The minimum atomic E-state index is -1.09. The van der Waals surface area contributed by atoms with Gasteiger partial charge in [-0.3, -0.25) is 9.59 Å². The Morgan fingerprint density at radius 2 is 1.70 bits per heavy atom. The zero-order chi connectivity index (χ0) is 25.6. The van der Waals surface area contributed by atoms with E-state index in [-0.39, 0.29) is 24.3 Å². The van der Waals surface area contributed by atoms with E-state index < -0.39 is 5.54 Å². The summed E-state index contributed by atoms with van der Waals surface area (Å²) in [5.41, 5.74) is 4.02. The van der Waals surface area contributed by atoms with Gasteiger partial charge in [0.15, 0.2) is 5.54 Å². The fraction of sp³-hybridized carbons (Fsp3) is 0.290. The van der Waals surface area contributed by atoms with Crippen LogP contribution in [0.4, 0.5) is 0 Å². The summed E-state index contributed by atoms with van der Waals surface area (Å²) in [6.07, 6.45) is 1.68. The van der Waals surface area contributed by atoms with Gasteiger partial charge in [0, 0.05) is 35.5 Å². The molecule has 1 aromatic heterocycles. The molecule has 0 bridgehead atoms. The number of ether oxygens (including phenoxy) is 1. The quantitative estimate of drug-likeness (QED) is 0.418. The smallest absolute Gasteiger partial charge is 0.254 e. The van der Waals surface area contributed by atoms with Crippen LogP contribution >= 0.6 is 0 Å². The number of aryl methyl sites for hydroxylation is 1. The topological polar surface area (TPSA) is 65.6 Å². The molecule has 3 aromatic carbocycles. The van der Waals surface area contributed by atoms with E-state index in [0.717, 1.165) is 46.3 Å². The highest BCUT2D eigenvalue weighted by Gasteiger charge is 2.56. The van der Waals surface area contributed by atoms with Gasteiger partial charge >= 0.3 is 0 Å². The molecule has 1 saturated heterocycles. The first-order valence-electron chi connectivity index (χ1n) is 12.9. The molecule has 2 unspecified atom stereocenters. The van der Waals surface area contributed by atoms with Crippen molar-refractivity contribution in [3.8, 4) is 5.75 Å². The molecule has 2 aliphatic rings. The number of rotatable bonds is 6. The van der Waals surface area contributed by atoms with Gasteiger partial charge in [0.25, 0.3) is 5.91 Å². The minimum absolute atomic E-state index is 0.0218. The molecule has 1 N–H and O–H groups in total. The largest absolute Gasteiger partial charge is 0.496 e. The van der Waals surface area contributed by atoms with Gasteiger partial charge in [0.1, 0.15) is 5.75 Å². The first-order valence-corrected chi connectivity index (χ1v) is 12.9. The Labute approximate surface area is 216 Å². The molecule has 37 heavy (non-hydrogen) atoms. The van der Waals surface area contributed by atoms with Crippen molar-refractivity contribution < 1.29 is 14.3 Å². The SMILES string of the molecule is COc1ccccc1C1CN2C(=O)CN(CCCc3ccccc3)C(=O)C2(C)c2[nH]c3ccccc3c21. The highest BCUT2D eigenvalue weighted by Crippen LogP contribution is 2.49. The third kappa shape index (κ3) is 3.70. The molecule has 188 valence electrons. The van der Waals surface area contributed by atoms with Crippen molar-refractivity contribution in [1.82, 2.24) is 14.8 Å². The number of hydrogen-bond acceptors (Lipinski definition) is 3. The van der Waals surface area contributed by atoms with E-state index in [0.29, 0.717) is 13.1 Å². The summed E-state index contributed by atoms with van der Waals surface area (Å²) in [6.45, 7) is 2.99. The number of benzene rings is 3. The number of fused-ring (bicyclic) bond motifs is 5. The molecule has 6 nitrogen and oxygen atoms in total. The number of amides is 2. The third-order valence-electron chi connectivity index (χ3n) is 8.07. The van der Waals surface area contributed by atoms with Crippen LogP contribution in [0.2, 0.25) is 0 Å². The van der Waals surface area contributed by atoms with Crippen LogP contribution in [-0.2, 0) is 21.5 Å². The number of nitrogens with one attached hydrogen (secondary N) is 1. The summed E-state index contributed by atoms with van der Waals surface area (Å²) in [5.74, 6) is 0.625. The Balaban J connectivity index is 1.41. The molecule has 0 aliphatic carbocycles. The van der Waals surface area contributed by atoms with E-state index in [1.807, 2.05) is 61.5 Å². The number of aromatic nitrogens is 1. The lowest BCUT2D eigenvalue weighted by atomic mass is 9.76. The zero-order valence-electron chi connectivity index (χ0n) is 21.2. The van der Waals surface area contributed by atoms with E-state index in [1.165, 1.54) is 5.56 Å². The molecule has 6 rings (SSSR count). The first kappa shape index (κ1) is 23.3. The van der Waals surface area contributed by atoms with Crippen molar-refractivity contribution in [3.63, 3.8) is 0 Å². The van der Waals surface area contributed by atoms with Crippen molar-refractivity contribution in [2.45, 2.75) is 31.2 Å². The third-order valence-corrected chi connectivity index (χ3v) is 8.07. The normalized spacial score (nSPS) is 21.2. The van der Waals surface area contributed by atoms with Crippen molar-refractivity contribution in [1.29, 1.82) is 0 Å². The zero-order valence-corrected chi connectivity index (χ0v) is 21.2. The molecule has 4 aromatic rings. The second-order valence-corrected chi connectivity index (χ2v) is 10.1. The number of H-pyrrole nitrogens is 1. The van der Waals surface area contributed by atoms with Crippen molar-refractivity contribution in [2.75, 3.05) is 26.7 Å². The van der Waals surface area contributed by atoms with Gasteiger partial charge in [-0.25, -0.2) is 0 Å². The highest BCUT2D eigenvalue weighted by atomic mass is 16.5. The van der Waals surface area contributed by atoms with Crippen molar-refractivity contribution in [2.24, 2.45) is 0 Å². The number of nitrogens with zero attached hydrogens (tertiary/aromatic N) is 2. The number of carbonyl (C=O) groups excluding carboxylic acids is 2. The summed E-state index contributed by atoms with van der Waals surface area (Å²) in [5, 5.41) is 1.08. The average molecular weight is 494 g/mol. The molecular formula is C31H31N3O3. The van der Waals surface area contributed by atoms with Crippen LogP contribution in [0.25, 0.3) is 10.9 Å². The molecule has 2 atom stereocenters. The summed E-state index contributed by atoms with van der Waals surface area (Å²) < 4.78 is 5.72.